The summed E-state index contributed by atoms with van der Waals surface area (Å²) in [4.78, 5) is 12.2. The topological polar surface area (TPSA) is 46.5 Å². The SMILES string of the molecule is O=C(CC1COc2ccccc21)c1ccccc1O. The van der Waals surface area contributed by atoms with Crippen LogP contribution in [0, 0.1) is 0 Å². The van der Waals surface area contributed by atoms with Crippen LogP contribution in [-0.2, 0) is 0 Å². The summed E-state index contributed by atoms with van der Waals surface area (Å²) >= 11 is 0. The largest absolute Gasteiger partial charge is 0.507 e. The molecule has 3 heteroatoms. The molecule has 96 valence electrons. The molecule has 3 rings (SSSR count). The van der Waals surface area contributed by atoms with Crippen molar-refractivity contribution in [3.8, 4) is 11.5 Å². The van der Waals surface area contributed by atoms with Crippen LogP contribution in [0.3, 0.4) is 0 Å². The summed E-state index contributed by atoms with van der Waals surface area (Å²) in [5.41, 5.74) is 1.46. The number of rotatable bonds is 3. The van der Waals surface area contributed by atoms with Crippen LogP contribution in [0.2, 0.25) is 0 Å². The first-order valence-corrected chi connectivity index (χ1v) is 6.28. The Bertz CT molecular complexity index is 619. The Morgan fingerprint density at radius 3 is 2.74 bits per heavy atom. The molecule has 1 N–H and O–H groups in total. The Morgan fingerprint density at radius 2 is 1.89 bits per heavy atom. The molecular weight excluding hydrogens is 240 g/mol. The summed E-state index contributed by atoms with van der Waals surface area (Å²) in [5.74, 6) is 0.920. The minimum absolute atomic E-state index is 0.0414. The van der Waals surface area contributed by atoms with Gasteiger partial charge in [-0.05, 0) is 18.2 Å². The van der Waals surface area contributed by atoms with Gasteiger partial charge < -0.3 is 9.84 Å². The highest BCUT2D eigenvalue weighted by Gasteiger charge is 2.26. The minimum atomic E-state index is -0.0524. The number of phenols is 1. The van der Waals surface area contributed by atoms with E-state index >= 15 is 0 Å². The summed E-state index contributed by atoms with van der Waals surface area (Å²) in [6.07, 6.45) is 0.356. The van der Waals surface area contributed by atoms with Crippen molar-refractivity contribution < 1.29 is 14.6 Å². The number of hydrogen-bond acceptors (Lipinski definition) is 3. The molecule has 0 spiro atoms. The van der Waals surface area contributed by atoms with E-state index in [0.29, 0.717) is 18.6 Å². The fraction of sp³-hybridized carbons (Fsp3) is 0.188. The maximum absolute atomic E-state index is 12.2. The Balaban J connectivity index is 1.81. The zero-order valence-corrected chi connectivity index (χ0v) is 10.4. The zero-order chi connectivity index (χ0) is 13.2. The van der Waals surface area contributed by atoms with Crippen LogP contribution in [0.5, 0.6) is 11.5 Å². The number of carbonyl (C=O) groups is 1. The second kappa shape index (κ2) is 4.76. The number of Topliss-reactive ketones (excluding diaryl/α,β-unsaturated/α-hetero) is 1. The highest BCUT2D eigenvalue weighted by atomic mass is 16.5. The lowest BCUT2D eigenvalue weighted by molar-refractivity contribution is 0.0966. The summed E-state index contributed by atoms with van der Waals surface area (Å²) in [5, 5.41) is 9.70. The molecule has 1 unspecified atom stereocenters. The van der Waals surface area contributed by atoms with Gasteiger partial charge in [-0.25, -0.2) is 0 Å². The molecule has 0 amide bonds. The lowest BCUT2D eigenvalue weighted by atomic mass is 9.93. The molecular formula is C16H14O3. The molecule has 1 heterocycles. The van der Waals surface area contributed by atoms with E-state index in [1.165, 1.54) is 6.07 Å². The van der Waals surface area contributed by atoms with Crippen LogP contribution in [0.1, 0.15) is 28.3 Å². The number of aromatic hydroxyl groups is 1. The predicted molar refractivity (Wildman–Crippen MR) is 71.7 cm³/mol. The average Bonchev–Trinajstić information content (AvgIpc) is 2.83. The van der Waals surface area contributed by atoms with Gasteiger partial charge in [-0.15, -0.1) is 0 Å². The van der Waals surface area contributed by atoms with Crippen molar-refractivity contribution in [2.75, 3.05) is 6.61 Å². The van der Waals surface area contributed by atoms with Crippen LogP contribution in [0.15, 0.2) is 48.5 Å². The van der Waals surface area contributed by atoms with E-state index in [2.05, 4.69) is 0 Å². The molecule has 0 fully saturated rings. The van der Waals surface area contributed by atoms with Gasteiger partial charge >= 0.3 is 0 Å². The van der Waals surface area contributed by atoms with Gasteiger partial charge in [-0.1, -0.05) is 30.3 Å². The van der Waals surface area contributed by atoms with Crippen LogP contribution in [0.4, 0.5) is 0 Å². The Hall–Kier alpha value is -2.29. The number of phenolic OH excluding ortho intramolecular Hbond substituents is 1. The van der Waals surface area contributed by atoms with Crippen LogP contribution >= 0.6 is 0 Å². The molecule has 2 aromatic carbocycles. The normalized spacial score (nSPS) is 16.7. The van der Waals surface area contributed by atoms with Crippen molar-refractivity contribution in [3.05, 3.63) is 59.7 Å². The van der Waals surface area contributed by atoms with Crippen LogP contribution in [-0.4, -0.2) is 17.5 Å². The summed E-state index contributed by atoms with van der Waals surface area (Å²) in [6, 6.07) is 14.4. The highest BCUT2D eigenvalue weighted by Crippen LogP contribution is 2.36. The predicted octanol–water partition coefficient (Wildman–Crippen LogP) is 3.14. The fourth-order valence-electron chi connectivity index (χ4n) is 2.44. The average molecular weight is 254 g/mol. The van der Waals surface area contributed by atoms with Crippen LogP contribution < -0.4 is 4.74 Å². The number of fused-ring (bicyclic) bond motifs is 1. The number of para-hydroxylation sites is 2. The first-order chi connectivity index (χ1) is 9.25. The van der Waals surface area contributed by atoms with Crippen LogP contribution in [0.25, 0.3) is 0 Å². The number of benzene rings is 2. The van der Waals surface area contributed by atoms with Crippen molar-refractivity contribution in [3.63, 3.8) is 0 Å². The van der Waals surface area contributed by atoms with E-state index in [0.717, 1.165) is 11.3 Å². The number of ether oxygens (including phenoxy) is 1. The third-order valence-corrected chi connectivity index (χ3v) is 3.44. The molecule has 3 nitrogen and oxygen atoms in total. The fourth-order valence-corrected chi connectivity index (χ4v) is 2.44. The maximum atomic E-state index is 12.2. The van der Waals surface area contributed by atoms with Gasteiger partial charge in [-0.3, -0.25) is 4.79 Å². The monoisotopic (exact) mass is 254 g/mol. The van der Waals surface area contributed by atoms with Gasteiger partial charge in [0.25, 0.3) is 0 Å². The molecule has 1 aliphatic heterocycles. The van der Waals surface area contributed by atoms with E-state index in [1.54, 1.807) is 18.2 Å². The van der Waals surface area contributed by atoms with E-state index in [-0.39, 0.29) is 17.5 Å². The van der Waals surface area contributed by atoms with E-state index < -0.39 is 0 Å². The third kappa shape index (κ3) is 2.19. The van der Waals surface area contributed by atoms with Crippen molar-refractivity contribution in [2.45, 2.75) is 12.3 Å². The Morgan fingerprint density at radius 1 is 1.16 bits per heavy atom. The van der Waals surface area contributed by atoms with Gasteiger partial charge in [0.1, 0.15) is 11.5 Å². The number of ketones is 1. The van der Waals surface area contributed by atoms with Crippen molar-refractivity contribution in [2.24, 2.45) is 0 Å². The minimum Gasteiger partial charge on any atom is -0.507 e. The number of hydrogen-bond donors (Lipinski definition) is 1. The lowest BCUT2D eigenvalue weighted by Crippen LogP contribution is -2.09. The third-order valence-electron chi connectivity index (χ3n) is 3.44. The van der Waals surface area contributed by atoms with Crippen molar-refractivity contribution in [1.29, 1.82) is 0 Å². The van der Waals surface area contributed by atoms with Gasteiger partial charge in [0.15, 0.2) is 5.78 Å². The second-order valence-corrected chi connectivity index (χ2v) is 4.69. The van der Waals surface area contributed by atoms with Gasteiger partial charge in [0.2, 0.25) is 0 Å². The van der Waals surface area contributed by atoms with E-state index in [4.69, 9.17) is 4.74 Å². The first kappa shape index (κ1) is 11.8. The van der Waals surface area contributed by atoms with E-state index in [1.807, 2.05) is 24.3 Å². The maximum Gasteiger partial charge on any atom is 0.167 e. The smallest absolute Gasteiger partial charge is 0.167 e. The molecule has 1 aliphatic rings. The van der Waals surface area contributed by atoms with Crippen molar-refractivity contribution >= 4 is 5.78 Å². The standard InChI is InChI=1S/C16H14O3/c17-14-7-3-1-6-13(14)15(18)9-11-10-19-16-8-4-2-5-12(11)16/h1-8,11,17H,9-10H2. The summed E-state index contributed by atoms with van der Waals surface area (Å²) in [6.45, 7) is 0.526. The molecule has 0 saturated heterocycles. The second-order valence-electron chi connectivity index (χ2n) is 4.69. The molecule has 1 atom stereocenters. The van der Waals surface area contributed by atoms with Gasteiger partial charge in [0, 0.05) is 17.9 Å². The van der Waals surface area contributed by atoms with Crippen molar-refractivity contribution in [1.82, 2.24) is 0 Å². The van der Waals surface area contributed by atoms with Gasteiger partial charge in [-0.2, -0.15) is 0 Å². The quantitative estimate of drug-likeness (QED) is 0.856. The first-order valence-electron chi connectivity index (χ1n) is 6.28. The molecule has 0 aromatic heterocycles. The molecule has 0 aliphatic carbocycles. The molecule has 2 aromatic rings. The molecule has 19 heavy (non-hydrogen) atoms. The summed E-state index contributed by atoms with van der Waals surface area (Å²) < 4.78 is 5.56. The highest BCUT2D eigenvalue weighted by molar-refractivity contribution is 5.99. The Labute approximate surface area is 111 Å². The Kier molecular flexibility index (Phi) is 2.95. The lowest BCUT2D eigenvalue weighted by Gasteiger charge is -2.08. The molecule has 0 radical (unpaired) electrons. The molecule has 0 saturated carbocycles. The van der Waals surface area contributed by atoms with Gasteiger partial charge in [0.05, 0.1) is 12.2 Å². The van der Waals surface area contributed by atoms with E-state index in [9.17, 15) is 9.90 Å². The summed E-state index contributed by atoms with van der Waals surface area (Å²) in [7, 11) is 0. The number of carbonyl (C=O) groups excluding carboxylic acids is 1. The molecule has 0 bridgehead atoms. The zero-order valence-electron chi connectivity index (χ0n) is 10.4.